The highest BCUT2D eigenvalue weighted by Gasteiger charge is 2.36. The van der Waals surface area contributed by atoms with E-state index in [1.165, 1.54) is 37.8 Å². The van der Waals surface area contributed by atoms with E-state index in [0.29, 0.717) is 29.5 Å². The smallest absolute Gasteiger partial charge is 0.206 e. The monoisotopic (exact) mass is 504 g/mol. The molecule has 0 aliphatic heterocycles. The van der Waals surface area contributed by atoms with E-state index in [1.807, 2.05) is 6.92 Å². The van der Waals surface area contributed by atoms with E-state index in [2.05, 4.69) is 24.0 Å². The van der Waals surface area contributed by atoms with Gasteiger partial charge in [-0.25, -0.2) is 13.2 Å². The van der Waals surface area contributed by atoms with Crippen LogP contribution < -0.4 is 0 Å². The van der Waals surface area contributed by atoms with Crippen molar-refractivity contribution >= 4 is 0 Å². The number of halogens is 6. The summed E-state index contributed by atoms with van der Waals surface area (Å²) in [7, 11) is 0. The maximum absolute atomic E-state index is 14.8. The Morgan fingerprint density at radius 3 is 2.22 bits per heavy atom. The fourth-order valence-corrected chi connectivity index (χ4v) is 5.96. The minimum atomic E-state index is -4.82. The quantitative estimate of drug-likeness (QED) is 0.221. The van der Waals surface area contributed by atoms with Crippen molar-refractivity contribution in [3.05, 3.63) is 82.2 Å². The molecule has 0 N–H and O–H groups in total. The predicted molar refractivity (Wildman–Crippen MR) is 129 cm³/mol. The molecule has 0 amide bonds. The van der Waals surface area contributed by atoms with E-state index < -0.39 is 34.8 Å². The molecule has 2 fully saturated rings. The number of hydrogen-bond donors (Lipinski definition) is 0. The number of hydrogen-bond acceptors (Lipinski definition) is 0. The maximum atomic E-state index is 14.8. The molecule has 4 rings (SSSR count). The van der Waals surface area contributed by atoms with Crippen molar-refractivity contribution in [3.8, 4) is 11.8 Å². The van der Waals surface area contributed by atoms with E-state index in [9.17, 15) is 26.3 Å². The van der Waals surface area contributed by atoms with Crippen LogP contribution in [0, 0.1) is 47.0 Å². The van der Waals surface area contributed by atoms with Gasteiger partial charge in [0.25, 0.3) is 0 Å². The fraction of sp³-hybridized carbons (Fsp3) is 0.467. The second kappa shape index (κ2) is 11.2. The average Bonchev–Trinajstić information content (AvgIpc) is 2.82. The summed E-state index contributed by atoms with van der Waals surface area (Å²) in [6.07, 6.45) is 8.39. The molecule has 2 aliphatic rings. The van der Waals surface area contributed by atoms with Gasteiger partial charge in [0.15, 0.2) is 0 Å². The summed E-state index contributed by atoms with van der Waals surface area (Å²) in [5.41, 5.74) is -1.34. The Hall–Kier alpha value is -2.68. The third-order valence-electron chi connectivity index (χ3n) is 7.84. The van der Waals surface area contributed by atoms with Gasteiger partial charge in [-0.3, -0.25) is 0 Å². The van der Waals surface area contributed by atoms with Gasteiger partial charge in [-0.1, -0.05) is 30.4 Å². The molecule has 6 heteroatoms. The van der Waals surface area contributed by atoms with Crippen LogP contribution in [0.1, 0.15) is 86.5 Å². The highest BCUT2D eigenvalue weighted by Crippen LogP contribution is 2.48. The van der Waals surface area contributed by atoms with Crippen LogP contribution in [0.3, 0.4) is 0 Å². The van der Waals surface area contributed by atoms with Crippen LogP contribution in [0.2, 0.25) is 0 Å². The molecule has 0 nitrogen and oxygen atoms in total. The van der Waals surface area contributed by atoms with Crippen LogP contribution in [0.5, 0.6) is 0 Å². The van der Waals surface area contributed by atoms with Crippen molar-refractivity contribution in [1.29, 1.82) is 0 Å². The zero-order valence-corrected chi connectivity index (χ0v) is 20.3. The number of rotatable bonds is 4. The van der Waals surface area contributed by atoms with Gasteiger partial charge in [-0.15, -0.1) is 0 Å². The van der Waals surface area contributed by atoms with Gasteiger partial charge in [0.1, 0.15) is 17.5 Å². The zero-order valence-electron chi connectivity index (χ0n) is 20.3. The van der Waals surface area contributed by atoms with Crippen LogP contribution in [-0.2, 0) is 6.18 Å². The van der Waals surface area contributed by atoms with Gasteiger partial charge >= 0.3 is 6.18 Å². The van der Waals surface area contributed by atoms with E-state index in [4.69, 9.17) is 0 Å². The van der Waals surface area contributed by atoms with Gasteiger partial charge < -0.3 is 0 Å². The Kier molecular flexibility index (Phi) is 8.17. The minimum Gasteiger partial charge on any atom is -0.206 e. The molecule has 2 aromatic carbocycles. The molecule has 192 valence electrons. The molecule has 0 aromatic heterocycles. The molecular formula is C30H30F6. The molecule has 4 unspecified atom stereocenters. The van der Waals surface area contributed by atoms with Crippen molar-refractivity contribution in [2.75, 3.05) is 0 Å². The molecule has 0 heterocycles. The second-order valence-electron chi connectivity index (χ2n) is 10.2. The molecule has 0 bridgehead atoms. The summed E-state index contributed by atoms with van der Waals surface area (Å²) in [5.74, 6) is 3.76. The third kappa shape index (κ3) is 6.17. The lowest BCUT2D eigenvalue weighted by Crippen LogP contribution is -2.30. The summed E-state index contributed by atoms with van der Waals surface area (Å²) in [6, 6.07) is 4.83. The molecular weight excluding hydrogens is 474 g/mol. The summed E-state index contributed by atoms with van der Waals surface area (Å²) >= 11 is 0. The van der Waals surface area contributed by atoms with Crippen LogP contribution >= 0.6 is 0 Å². The summed E-state index contributed by atoms with van der Waals surface area (Å²) in [5, 5.41) is 0. The Balaban J connectivity index is 1.44. The number of benzene rings is 2. The fourth-order valence-electron chi connectivity index (χ4n) is 5.96. The molecule has 0 saturated heterocycles. The molecule has 0 spiro atoms. The van der Waals surface area contributed by atoms with Gasteiger partial charge in [-0.2, -0.15) is 13.2 Å². The van der Waals surface area contributed by atoms with E-state index in [1.54, 1.807) is 0 Å². The summed E-state index contributed by atoms with van der Waals surface area (Å²) in [6.45, 7) is 2.05. The predicted octanol–water partition coefficient (Wildman–Crippen LogP) is 9.18. The topological polar surface area (TPSA) is 0 Å². The first-order valence-electron chi connectivity index (χ1n) is 12.6. The van der Waals surface area contributed by atoms with Crippen LogP contribution in [0.15, 0.2) is 42.5 Å². The largest absolute Gasteiger partial charge is 0.419 e. The first kappa shape index (κ1) is 26.4. The van der Waals surface area contributed by atoms with Gasteiger partial charge in [0, 0.05) is 5.56 Å². The van der Waals surface area contributed by atoms with Gasteiger partial charge in [-0.05, 0) is 111 Å². The molecule has 2 aliphatic carbocycles. The highest BCUT2D eigenvalue weighted by molar-refractivity contribution is 5.46. The number of fused-ring (bicyclic) bond motifs is 1. The van der Waals surface area contributed by atoms with E-state index in [-0.39, 0.29) is 11.5 Å². The normalized spacial score (nSPS) is 24.3. The first-order chi connectivity index (χ1) is 17.2. The zero-order chi connectivity index (χ0) is 25.9. The van der Waals surface area contributed by atoms with Crippen molar-refractivity contribution in [3.63, 3.8) is 0 Å². The molecule has 4 atom stereocenters. The molecule has 2 aromatic rings. The molecule has 2 saturated carbocycles. The summed E-state index contributed by atoms with van der Waals surface area (Å²) < 4.78 is 81.6. The average molecular weight is 505 g/mol. The lowest BCUT2D eigenvalue weighted by molar-refractivity contribution is -0.140. The Labute approximate surface area is 208 Å². The Bertz CT molecular complexity index is 1140. The molecule has 0 radical (unpaired) electrons. The Morgan fingerprint density at radius 2 is 1.56 bits per heavy atom. The lowest BCUT2D eigenvalue weighted by Gasteiger charge is -2.42. The Morgan fingerprint density at radius 1 is 0.861 bits per heavy atom. The van der Waals surface area contributed by atoms with Crippen molar-refractivity contribution in [1.82, 2.24) is 0 Å². The van der Waals surface area contributed by atoms with Crippen LogP contribution in [-0.4, -0.2) is 0 Å². The van der Waals surface area contributed by atoms with Gasteiger partial charge in [0.05, 0.1) is 11.1 Å². The van der Waals surface area contributed by atoms with Crippen molar-refractivity contribution in [2.45, 2.75) is 70.4 Å². The second-order valence-corrected chi connectivity index (χ2v) is 10.2. The van der Waals surface area contributed by atoms with Crippen LogP contribution in [0.4, 0.5) is 26.3 Å². The minimum absolute atomic E-state index is 0.0944. The lowest BCUT2D eigenvalue weighted by atomic mass is 9.63. The van der Waals surface area contributed by atoms with Crippen molar-refractivity contribution < 1.29 is 26.3 Å². The maximum Gasteiger partial charge on any atom is 0.419 e. The van der Waals surface area contributed by atoms with Crippen LogP contribution in [0.25, 0.3) is 0 Å². The van der Waals surface area contributed by atoms with Crippen molar-refractivity contribution in [2.24, 2.45) is 17.8 Å². The van der Waals surface area contributed by atoms with E-state index >= 15 is 0 Å². The third-order valence-corrected chi connectivity index (χ3v) is 7.84. The SMILES string of the molecule is C/C=C/CCC1CCC2CC(c3cc(F)c(C#Cc4ccc(C(F)(F)F)c(F)c4)c(F)c3)CCC2C1. The number of allylic oxidation sites excluding steroid dienone is 2. The standard InChI is InChI=1S/C30H30F6/c1-2-3-4-5-19-6-9-22-16-23(11-10-21(22)14-19)24-17-27(31)25(28(32)18-24)12-7-20-8-13-26(29(33)15-20)30(34,35)36/h2-3,8,13,15,17-19,21-23H,4-6,9-11,14,16H2,1H3/b3-2+. The first-order valence-corrected chi connectivity index (χ1v) is 12.6. The summed E-state index contributed by atoms with van der Waals surface area (Å²) in [4.78, 5) is 0. The molecule has 36 heavy (non-hydrogen) atoms. The van der Waals surface area contributed by atoms with Gasteiger partial charge in [0.2, 0.25) is 0 Å². The highest BCUT2D eigenvalue weighted by atomic mass is 19.4. The number of alkyl halides is 3. The van der Waals surface area contributed by atoms with E-state index in [0.717, 1.165) is 37.7 Å².